The third kappa shape index (κ3) is 2.08. The van der Waals surface area contributed by atoms with Crippen molar-refractivity contribution in [3.63, 3.8) is 0 Å². The lowest BCUT2D eigenvalue weighted by Gasteiger charge is -2.11. The van der Waals surface area contributed by atoms with Crippen molar-refractivity contribution < 1.29 is 9.53 Å². The molecule has 1 saturated heterocycles. The Morgan fingerprint density at radius 2 is 2.15 bits per heavy atom. The lowest BCUT2D eigenvalue weighted by atomic mass is 9.92. The van der Waals surface area contributed by atoms with Gasteiger partial charge in [0.25, 0.3) is 0 Å². The van der Waals surface area contributed by atoms with Crippen LogP contribution in [0, 0.1) is 28.1 Å². The minimum absolute atomic E-state index is 0.0480. The molecule has 2 heterocycles. The number of ether oxygens (including phenoxy) is 1. The van der Waals surface area contributed by atoms with Gasteiger partial charge >= 0.3 is 0 Å². The number of nitriles is 1. The second-order valence-corrected chi connectivity index (χ2v) is 9.02. The quantitative estimate of drug-likeness (QED) is 0.909. The number of carbonyl (C=O) groups is 1. The number of hydrogen-bond donors (Lipinski definition) is 1. The van der Waals surface area contributed by atoms with Crippen molar-refractivity contribution in [1.82, 2.24) is 4.98 Å². The van der Waals surface area contributed by atoms with E-state index >= 15 is 0 Å². The molecule has 5 heteroatoms. The molecule has 4 aliphatic rings. The zero-order valence-corrected chi connectivity index (χ0v) is 15.1. The SMILES string of the molecule is N#C[C@@]1(c2ccc3cnc(NC(=O)[C@@H]4CC45CCOC5)cc3c2)CC12CC2. The van der Waals surface area contributed by atoms with E-state index in [1.165, 1.54) is 12.8 Å². The van der Waals surface area contributed by atoms with Crippen molar-refractivity contribution >= 4 is 22.5 Å². The monoisotopic (exact) mass is 359 g/mol. The summed E-state index contributed by atoms with van der Waals surface area (Å²) in [6.07, 6.45) is 7.03. The van der Waals surface area contributed by atoms with E-state index in [4.69, 9.17) is 4.74 Å². The first-order valence-corrected chi connectivity index (χ1v) is 9.80. The van der Waals surface area contributed by atoms with E-state index in [2.05, 4.69) is 28.5 Å². The number of nitrogens with one attached hydrogen (secondary N) is 1. The Morgan fingerprint density at radius 1 is 1.26 bits per heavy atom. The molecular formula is C22H21N3O2. The van der Waals surface area contributed by atoms with Gasteiger partial charge in [-0.2, -0.15) is 5.26 Å². The van der Waals surface area contributed by atoms with Gasteiger partial charge < -0.3 is 10.1 Å². The van der Waals surface area contributed by atoms with Crippen LogP contribution in [0.25, 0.3) is 10.8 Å². The van der Waals surface area contributed by atoms with Crippen LogP contribution in [0.15, 0.2) is 30.5 Å². The number of nitrogens with zero attached hydrogens (tertiary/aromatic N) is 2. The zero-order valence-electron chi connectivity index (χ0n) is 15.1. The maximum Gasteiger partial charge on any atom is 0.229 e. The van der Waals surface area contributed by atoms with Crippen LogP contribution in [0.3, 0.4) is 0 Å². The Balaban J connectivity index is 1.27. The standard InChI is InChI=1S/C22H21N3O2/c23-12-22(11-21(22)3-4-21)16-2-1-14-10-24-18(8-15(14)7-16)25-19(26)17-9-20(17)5-6-27-13-20/h1-2,7-8,10,17H,3-6,9,11,13H2,(H,24,25,26)/t17-,20?,22+/m0/s1. The van der Waals surface area contributed by atoms with E-state index in [0.29, 0.717) is 12.4 Å². The summed E-state index contributed by atoms with van der Waals surface area (Å²) in [5.41, 5.74) is 1.15. The first-order chi connectivity index (χ1) is 13.1. The van der Waals surface area contributed by atoms with Crippen LogP contribution >= 0.6 is 0 Å². The van der Waals surface area contributed by atoms with Crippen molar-refractivity contribution in [2.24, 2.45) is 16.7 Å². The topological polar surface area (TPSA) is 75.0 Å². The fraction of sp³-hybridized carbons (Fsp3) is 0.500. The molecule has 136 valence electrons. The third-order valence-electron chi connectivity index (χ3n) is 7.53. The van der Waals surface area contributed by atoms with E-state index in [0.717, 1.165) is 42.2 Å². The minimum atomic E-state index is -0.295. The van der Waals surface area contributed by atoms with Gasteiger partial charge in [0, 0.05) is 29.5 Å². The molecule has 0 radical (unpaired) electrons. The molecule has 3 saturated carbocycles. The summed E-state index contributed by atoms with van der Waals surface area (Å²) in [5.74, 6) is 0.691. The van der Waals surface area contributed by atoms with Gasteiger partial charge in [0.1, 0.15) is 5.82 Å². The normalized spacial score (nSPS) is 34.6. The number of anilines is 1. The van der Waals surface area contributed by atoms with Crippen LogP contribution < -0.4 is 5.32 Å². The van der Waals surface area contributed by atoms with Gasteiger partial charge in [-0.25, -0.2) is 4.98 Å². The van der Waals surface area contributed by atoms with Gasteiger partial charge in [0.15, 0.2) is 0 Å². The fourth-order valence-electron chi connectivity index (χ4n) is 5.31. The van der Waals surface area contributed by atoms with Crippen molar-refractivity contribution in [2.45, 2.75) is 37.5 Å². The predicted octanol–water partition coefficient (Wildman–Crippen LogP) is 3.55. The molecule has 1 amide bonds. The van der Waals surface area contributed by atoms with Crippen LogP contribution in [-0.2, 0) is 14.9 Å². The Labute approximate surface area is 157 Å². The Hall–Kier alpha value is -2.45. The first-order valence-electron chi connectivity index (χ1n) is 9.80. The number of benzene rings is 1. The lowest BCUT2D eigenvalue weighted by molar-refractivity contribution is -0.118. The molecule has 3 aliphatic carbocycles. The molecule has 0 bridgehead atoms. The van der Waals surface area contributed by atoms with Crippen molar-refractivity contribution in [1.29, 1.82) is 5.26 Å². The zero-order chi connectivity index (χ0) is 18.3. The molecule has 6 rings (SSSR count). The molecule has 2 aromatic rings. The molecule has 1 N–H and O–H groups in total. The maximum absolute atomic E-state index is 12.6. The van der Waals surface area contributed by atoms with E-state index in [9.17, 15) is 10.1 Å². The van der Waals surface area contributed by atoms with Gasteiger partial charge in [-0.05, 0) is 60.6 Å². The summed E-state index contributed by atoms with van der Waals surface area (Å²) in [4.78, 5) is 17.0. The number of rotatable bonds is 3. The number of fused-ring (bicyclic) bond motifs is 1. The highest BCUT2D eigenvalue weighted by atomic mass is 16.5. The van der Waals surface area contributed by atoms with E-state index in [-0.39, 0.29) is 28.1 Å². The van der Waals surface area contributed by atoms with Crippen LogP contribution in [0.1, 0.15) is 37.7 Å². The molecule has 1 unspecified atom stereocenters. The molecule has 4 fully saturated rings. The van der Waals surface area contributed by atoms with Crippen LogP contribution in [-0.4, -0.2) is 24.1 Å². The first kappa shape index (κ1) is 15.6. The van der Waals surface area contributed by atoms with Gasteiger partial charge in [-0.3, -0.25) is 4.79 Å². The van der Waals surface area contributed by atoms with E-state index in [1.54, 1.807) is 6.20 Å². The van der Waals surface area contributed by atoms with Gasteiger partial charge in [-0.15, -0.1) is 0 Å². The van der Waals surface area contributed by atoms with Crippen molar-refractivity contribution in [3.8, 4) is 6.07 Å². The molecule has 2 spiro atoms. The summed E-state index contributed by atoms with van der Waals surface area (Å²) in [6, 6.07) is 10.8. The smallest absolute Gasteiger partial charge is 0.229 e. The van der Waals surface area contributed by atoms with Crippen molar-refractivity contribution in [2.75, 3.05) is 18.5 Å². The summed E-state index contributed by atoms with van der Waals surface area (Å²) >= 11 is 0. The van der Waals surface area contributed by atoms with Gasteiger partial charge in [-0.1, -0.05) is 12.1 Å². The Bertz CT molecular complexity index is 1030. The van der Waals surface area contributed by atoms with Crippen LogP contribution in [0.5, 0.6) is 0 Å². The van der Waals surface area contributed by atoms with E-state index < -0.39 is 0 Å². The lowest BCUT2D eigenvalue weighted by Crippen LogP contribution is -2.19. The number of carbonyl (C=O) groups excluding carboxylic acids is 1. The Kier molecular flexibility index (Phi) is 2.82. The summed E-state index contributed by atoms with van der Waals surface area (Å²) in [5, 5.41) is 14.8. The van der Waals surface area contributed by atoms with Gasteiger partial charge in [0.2, 0.25) is 5.91 Å². The van der Waals surface area contributed by atoms with Crippen LogP contribution in [0.4, 0.5) is 5.82 Å². The molecule has 1 aromatic heterocycles. The molecule has 1 aliphatic heterocycles. The van der Waals surface area contributed by atoms with Crippen molar-refractivity contribution in [3.05, 3.63) is 36.0 Å². The summed E-state index contributed by atoms with van der Waals surface area (Å²) in [6.45, 7) is 1.47. The highest BCUT2D eigenvalue weighted by Crippen LogP contribution is 2.78. The minimum Gasteiger partial charge on any atom is -0.381 e. The number of pyridine rings is 1. The second-order valence-electron chi connectivity index (χ2n) is 9.02. The predicted molar refractivity (Wildman–Crippen MR) is 99.9 cm³/mol. The molecule has 5 nitrogen and oxygen atoms in total. The molecule has 3 atom stereocenters. The third-order valence-corrected chi connectivity index (χ3v) is 7.53. The number of amides is 1. The average molecular weight is 359 g/mol. The molecule has 27 heavy (non-hydrogen) atoms. The highest BCUT2D eigenvalue weighted by molar-refractivity contribution is 5.96. The summed E-state index contributed by atoms with van der Waals surface area (Å²) < 4.78 is 5.47. The number of hydrogen-bond acceptors (Lipinski definition) is 4. The van der Waals surface area contributed by atoms with Crippen LogP contribution in [0.2, 0.25) is 0 Å². The van der Waals surface area contributed by atoms with E-state index in [1.807, 2.05) is 12.1 Å². The Morgan fingerprint density at radius 3 is 2.85 bits per heavy atom. The second kappa shape index (κ2) is 4.88. The largest absolute Gasteiger partial charge is 0.381 e. The molecular weight excluding hydrogens is 338 g/mol. The average Bonchev–Trinajstić information content (AvgIpc) is 3.61. The summed E-state index contributed by atoms with van der Waals surface area (Å²) in [7, 11) is 0. The van der Waals surface area contributed by atoms with Gasteiger partial charge in [0.05, 0.1) is 18.1 Å². The maximum atomic E-state index is 12.6. The highest BCUT2D eigenvalue weighted by Gasteiger charge is 2.75. The number of aromatic nitrogens is 1. The fourth-order valence-corrected chi connectivity index (χ4v) is 5.31. The molecule has 1 aromatic carbocycles.